The lowest BCUT2D eigenvalue weighted by molar-refractivity contribution is 0.0698. The van der Waals surface area contributed by atoms with Crippen LogP contribution in [0.5, 0.6) is 11.5 Å². The highest BCUT2D eigenvalue weighted by molar-refractivity contribution is 6.14. The number of phenols is 1. The molecule has 0 amide bonds. The van der Waals surface area contributed by atoms with Crippen LogP contribution in [0.4, 0.5) is 0 Å². The van der Waals surface area contributed by atoms with Gasteiger partial charge in [-0.15, -0.1) is 0 Å². The second-order valence-corrected chi connectivity index (χ2v) is 4.47. The molecule has 2 N–H and O–H groups in total. The van der Waals surface area contributed by atoms with Crippen LogP contribution in [0.2, 0.25) is 0 Å². The summed E-state index contributed by atoms with van der Waals surface area (Å²) >= 11 is 0. The van der Waals surface area contributed by atoms with Crippen molar-refractivity contribution in [3.63, 3.8) is 0 Å². The number of rotatable bonds is 2. The molecule has 0 unspecified atom stereocenters. The van der Waals surface area contributed by atoms with Crippen molar-refractivity contribution in [2.75, 3.05) is 7.11 Å². The van der Waals surface area contributed by atoms with Gasteiger partial charge in [0.1, 0.15) is 17.1 Å². The molecule has 3 rings (SSSR count). The highest BCUT2D eigenvalue weighted by Crippen LogP contribution is 2.31. The van der Waals surface area contributed by atoms with Gasteiger partial charge in [0.25, 0.3) is 0 Å². The highest BCUT2D eigenvalue weighted by Gasteiger charge is 2.17. The van der Waals surface area contributed by atoms with Crippen LogP contribution in [0.15, 0.2) is 39.5 Å². The summed E-state index contributed by atoms with van der Waals surface area (Å²) in [5.74, 6) is -1.03. The van der Waals surface area contributed by atoms with Crippen LogP contribution < -0.4 is 10.4 Å². The Morgan fingerprint density at radius 3 is 2.62 bits per heavy atom. The fraction of sp³-hybridized carbons (Fsp3) is 0.0667. The Labute approximate surface area is 117 Å². The minimum Gasteiger partial charge on any atom is -0.508 e. The van der Waals surface area contributed by atoms with Crippen molar-refractivity contribution in [2.45, 2.75) is 0 Å². The summed E-state index contributed by atoms with van der Waals surface area (Å²) in [6, 6.07) is 6.99. The van der Waals surface area contributed by atoms with E-state index in [0.29, 0.717) is 11.1 Å². The number of phenolic OH excluding ortho intramolecular Hbond substituents is 1. The summed E-state index contributed by atoms with van der Waals surface area (Å²) in [4.78, 5) is 23.3. The third-order valence-electron chi connectivity index (χ3n) is 3.24. The fourth-order valence-corrected chi connectivity index (χ4v) is 2.32. The molecular formula is C15H10O6. The number of methoxy groups -OCH3 is 1. The lowest BCUT2D eigenvalue weighted by Gasteiger charge is -2.08. The van der Waals surface area contributed by atoms with Crippen LogP contribution in [0.25, 0.3) is 21.7 Å². The largest absolute Gasteiger partial charge is 0.508 e. The normalized spacial score (nSPS) is 10.9. The van der Waals surface area contributed by atoms with E-state index in [9.17, 15) is 19.8 Å². The monoisotopic (exact) mass is 286 g/mol. The van der Waals surface area contributed by atoms with E-state index >= 15 is 0 Å². The summed E-state index contributed by atoms with van der Waals surface area (Å²) in [7, 11) is 1.47. The zero-order valence-corrected chi connectivity index (χ0v) is 10.9. The lowest BCUT2D eigenvalue weighted by atomic mass is 10.0. The van der Waals surface area contributed by atoms with Crippen molar-refractivity contribution in [2.24, 2.45) is 0 Å². The Bertz CT molecular complexity index is 938. The van der Waals surface area contributed by atoms with Crippen molar-refractivity contribution < 1.29 is 24.2 Å². The number of carboxylic acids is 1. The van der Waals surface area contributed by atoms with E-state index in [1.807, 2.05) is 0 Å². The number of ether oxygens (including phenoxy) is 1. The van der Waals surface area contributed by atoms with Crippen LogP contribution in [-0.2, 0) is 0 Å². The molecule has 1 aromatic heterocycles. The Morgan fingerprint density at radius 1 is 1.19 bits per heavy atom. The van der Waals surface area contributed by atoms with Crippen LogP contribution >= 0.6 is 0 Å². The van der Waals surface area contributed by atoms with E-state index in [-0.39, 0.29) is 27.7 Å². The first-order valence-electron chi connectivity index (χ1n) is 6.02. The Hall–Kier alpha value is -3.02. The first-order chi connectivity index (χ1) is 10.0. The van der Waals surface area contributed by atoms with Crippen LogP contribution in [0.1, 0.15) is 10.4 Å². The van der Waals surface area contributed by atoms with Crippen molar-refractivity contribution in [1.29, 1.82) is 0 Å². The summed E-state index contributed by atoms with van der Waals surface area (Å²) in [5, 5.41) is 19.8. The molecule has 6 nitrogen and oxygen atoms in total. The molecule has 0 spiro atoms. The molecule has 0 aliphatic heterocycles. The zero-order chi connectivity index (χ0) is 15.1. The third-order valence-corrected chi connectivity index (χ3v) is 3.24. The van der Waals surface area contributed by atoms with E-state index in [1.165, 1.54) is 19.2 Å². The molecule has 3 aromatic rings. The predicted octanol–water partition coefficient (Wildman–Crippen LogP) is 2.36. The number of carbonyl (C=O) groups is 1. The molecule has 21 heavy (non-hydrogen) atoms. The molecule has 0 atom stereocenters. The summed E-state index contributed by atoms with van der Waals surface area (Å²) in [5.41, 5.74) is -0.743. The summed E-state index contributed by atoms with van der Waals surface area (Å²) in [6.07, 6.45) is 0. The predicted molar refractivity (Wildman–Crippen MR) is 75.2 cm³/mol. The fourth-order valence-electron chi connectivity index (χ4n) is 2.32. The number of fused-ring (bicyclic) bond motifs is 3. The van der Waals surface area contributed by atoms with Gasteiger partial charge >= 0.3 is 11.6 Å². The second kappa shape index (κ2) is 4.52. The Kier molecular flexibility index (Phi) is 2.79. The standard InChI is InChI=1S/C15H10O6/c1-20-8-2-3-9-10(6-8)13-11(14(17)18)4-7(16)5-12(13)21-15(9)19/h2-6,16H,1H3,(H,17,18). The number of hydrogen-bond acceptors (Lipinski definition) is 5. The van der Waals surface area contributed by atoms with Gasteiger partial charge in [0.2, 0.25) is 0 Å². The van der Waals surface area contributed by atoms with Gasteiger partial charge in [-0.05, 0) is 24.3 Å². The average molecular weight is 286 g/mol. The number of carboxylic acid groups (broad SMARTS) is 1. The number of aromatic hydroxyl groups is 1. The maximum Gasteiger partial charge on any atom is 0.344 e. The average Bonchev–Trinajstić information content (AvgIpc) is 2.45. The second-order valence-electron chi connectivity index (χ2n) is 4.47. The number of aromatic carboxylic acids is 1. The van der Waals surface area contributed by atoms with Gasteiger partial charge in [0.15, 0.2) is 0 Å². The van der Waals surface area contributed by atoms with Crippen molar-refractivity contribution >= 4 is 27.7 Å². The van der Waals surface area contributed by atoms with Gasteiger partial charge in [0.05, 0.1) is 18.1 Å². The first kappa shape index (κ1) is 13.0. The minimum absolute atomic E-state index is 0.0122. The van der Waals surface area contributed by atoms with E-state index < -0.39 is 11.6 Å². The van der Waals surface area contributed by atoms with Gasteiger partial charge in [-0.3, -0.25) is 0 Å². The van der Waals surface area contributed by atoms with E-state index in [0.717, 1.165) is 6.07 Å². The summed E-state index contributed by atoms with van der Waals surface area (Å²) in [6.45, 7) is 0. The molecule has 0 saturated carbocycles. The molecule has 0 bridgehead atoms. The summed E-state index contributed by atoms with van der Waals surface area (Å²) < 4.78 is 10.2. The molecule has 0 aliphatic rings. The van der Waals surface area contributed by atoms with Gasteiger partial charge in [-0.1, -0.05) is 0 Å². The van der Waals surface area contributed by atoms with Gasteiger partial charge in [-0.25, -0.2) is 9.59 Å². The molecule has 6 heteroatoms. The quantitative estimate of drug-likeness (QED) is 0.554. The zero-order valence-electron chi connectivity index (χ0n) is 10.9. The minimum atomic E-state index is -1.23. The maximum atomic E-state index is 11.9. The molecule has 0 fully saturated rings. The van der Waals surface area contributed by atoms with Crippen molar-refractivity contribution in [3.05, 3.63) is 46.3 Å². The van der Waals surface area contributed by atoms with Gasteiger partial charge < -0.3 is 19.4 Å². The van der Waals surface area contributed by atoms with Crippen LogP contribution in [0, 0.1) is 0 Å². The Balaban J connectivity index is 2.62. The van der Waals surface area contributed by atoms with E-state index in [1.54, 1.807) is 12.1 Å². The molecule has 0 aliphatic carbocycles. The van der Waals surface area contributed by atoms with E-state index in [4.69, 9.17) is 9.15 Å². The number of benzene rings is 2. The van der Waals surface area contributed by atoms with Gasteiger partial charge in [-0.2, -0.15) is 0 Å². The molecule has 0 radical (unpaired) electrons. The van der Waals surface area contributed by atoms with Crippen molar-refractivity contribution in [1.82, 2.24) is 0 Å². The topological polar surface area (TPSA) is 97.0 Å². The molecule has 1 heterocycles. The number of hydrogen-bond donors (Lipinski definition) is 2. The lowest BCUT2D eigenvalue weighted by Crippen LogP contribution is -2.04. The smallest absolute Gasteiger partial charge is 0.344 e. The van der Waals surface area contributed by atoms with Crippen LogP contribution in [0.3, 0.4) is 0 Å². The molecule has 2 aromatic carbocycles. The third kappa shape index (κ3) is 1.97. The van der Waals surface area contributed by atoms with Crippen molar-refractivity contribution in [3.8, 4) is 11.5 Å². The first-order valence-corrected chi connectivity index (χ1v) is 6.02. The van der Waals surface area contributed by atoms with Crippen LogP contribution in [-0.4, -0.2) is 23.3 Å². The maximum absolute atomic E-state index is 11.9. The van der Waals surface area contributed by atoms with E-state index in [2.05, 4.69) is 0 Å². The Morgan fingerprint density at radius 2 is 1.95 bits per heavy atom. The SMILES string of the molecule is COc1ccc2c(=O)oc3cc(O)cc(C(=O)O)c3c2c1. The highest BCUT2D eigenvalue weighted by atomic mass is 16.5. The molecule has 0 saturated heterocycles. The molecular weight excluding hydrogens is 276 g/mol. The molecule has 106 valence electrons. The van der Waals surface area contributed by atoms with Gasteiger partial charge in [0, 0.05) is 16.8 Å².